The van der Waals surface area contributed by atoms with E-state index in [0.29, 0.717) is 6.54 Å². The van der Waals surface area contributed by atoms with Gasteiger partial charge in [0.1, 0.15) is 0 Å². The molecule has 0 unspecified atom stereocenters. The Balaban J connectivity index is 2.12. The lowest BCUT2D eigenvalue weighted by atomic mass is 10.1. The number of hydrogen-bond acceptors (Lipinski definition) is 4. The number of tetrazole rings is 1. The predicted octanol–water partition coefficient (Wildman–Crippen LogP) is 2.17. The maximum atomic E-state index is 4.11. The smallest absolute Gasteiger partial charge is 0.165 e. The van der Waals surface area contributed by atoms with Crippen LogP contribution in [0, 0.1) is 0 Å². The molecule has 1 aromatic carbocycles. The summed E-state index contributed by atoms with van der Waals surface area (Å²) in [6.45, 7) is 9.96. The molecule has 20 heavy (non-hydrogen) atoms. The molecule has 0 fully saturated rings. The Labute approximate surface area is 120 Å². The van der Waals surface area contributed by atoms with Crippen LogP contribution in [0.4, 0.5) is 0 Å². The highest BCUT2D eigenvalue weighted by molar-refractivity contribution is 5.27. The van der Waals surface area contributed by atoms with E-state index in [0.717, 1.165) is 18.8 Å². The van der Waals surface area contributed by atoms with Crippen LogP contribution >= 0.6 is 0 Å². The minimum atomic E-state index is 0.0537. The number of nitrogens with zero attached hydrogens (tertiary/aromatic N) is 4. The third kappa shape index (κ3) is 3.87. The van der Waals surface area contributed by atoms with E-state index in [1.807, 2.05) is 4.68 Å². The standard InChI is InChI=1S/C15H23N5/c1-5-12-8-6-7-9-13(12)11-20-14(17-18-19-20)10-16-15(2,3)4/h6-9,16H,5,10-11H2,1-4H3. The van der Waals surface area contributed by atoms with Crippen LogP contribution in [-0.4, -0.2) is 25.7 Å². The van der Waals surface area contributed by atoms with Gasteiger partial charge in [-0.15, -0.1) is 5.10 Å². The molecule has 0 saturated carbocycles. The van der Waals surface area contributed by atoms with Crippen LogP contribution in [0.15, 0.2) is 24.3 Å². The highest BCUT2D eigenvalue weighted by Gasteiger charge is 2.13. The number of rotatable bonds is 5. The average Bonchev–Trinajstić information content (AvgIpc) is 2.83. The zero-order chi connectivity index (χ0) is 14.6. The summed E-state index contributed by atoms with van der Waals surface area (Å²) in [5.74, 6) is 0.867. The molecule has 2 aromatic rings. The minimum Gasteiger partial charge on any atom is -0.305 e. The molecule has 2 rings (SSSR count). The Morgan fingerprint density at radius 2 is 1.85 bits per heavy atom. The Hall–Kier alpha value is -1.75. The molecule has 108 valence electrons. The van der Waals surface area contributed by atoms with Crippen molar-refractivity contribution in [3.63, 3.8) is 0 Å². The molecule has 0 saturated heterocycles. The highest BCUT2D eigenvalue weighted by atomic mass is 15.5. The van der Waals surface area contributed by atoms with Crippen LogP contribution in [-0.2, 0) is 19.5 Å². The number of hydrogen-bond donors (Lipinski definition) is 1. The summed E-state index contributed by atoms with van der Waals surface area (Å²) in [6, 6.07) is 8.43. The molecule has 0 radical (unpaired) electrons. The molecule has 5 heteroatoms. The van der Waals surface area contributed by atoms with E-state index in [1.165, 1.54) is 11.1 Å². The largest absolute Gasteiger partial charge is 0.305 e. The van der Waals surface area contributed by atoms with Gasteiger partial charge in [-0.25, -0.2) is 4.68 Å². The third-order valence-corrected chi connectivity index (χ3v) is 3.20. The molecule has 0 spiro atoms. The summed E-state index contributed by atoms with van der Waals surface area (Å²) in [5, 5.41) is 15.4. The van der Waals surface area contributed by atoms with E-state index < -0.39 is 0 Å². The van der Waals surface area contributed by atoms with Gasteiger partial charge in [0.05, 0.1) is 13.1 Å². The van der Waals surface area contributed by atoms with Gasteiger partial charge < -0.3 is 5.32 Å². The van der Waals surface area contributed by atoms with Crippen LogP contribution in [0.2, 0.25) is 0 Å². The van der Waals surface area contributed by atoms with Crippen LogP contribution < -0.4 is 5.32 Å². The first-order chi connectivity index (χ1) is 9.49. The van der Waals surface area contributed by atoms with Gasteiger partial charge in [-0.1, -0.05) is 31.2 Å². The van der Waals surface area contributed by atoms with Crippen LogP contribution in [0.3, 0.4) is 0 Å². The highest BCUT2D eigenvalue weighted by Crippen LogP contribution is 2.11. The number of nitrogens with one attached hydrogen (secondary N) is 1. The van der Waals surface area contributed by atoms with E-state index in [9.17, 15) is 0 Å². The fourth-order valence-corrected chi connectivity index (χ4v) is 2.03. The lowest BCUT2D eigenvalue weighted by Crippen LogP contribution is -2.36. The van der Waals surface area contributed by atoms with Crippen LogP contribution in [0.1, 0.15) is 44.6 Å². The van der Waals surface area contributed by atoms with Crippen molar-refractivity contribution < 1.29 is 0 Å². The van der Waals surface area contributed by atoms with Crippen molar-refractivity contribution in [3.8, 4) is 0 Å². The first-order valence-electron chi connectivity index (χ1n) is 7.06. The van der Waals surface area contributed by atoms with E-state index in [2.05, 4.69) is 72.8 Å². The minimum absolute atomic E-state index is 0.0537. The van der Waals surface area contributed by atoms with Crippen molar-refractivity contribution in [2.45, 2.75) is 52.7 Å². The summed E-state index contributed by atoms with van der Waals surface area (Å²) in [7, 11) is 0. The fourth-order valence-electron chi connectivity index (χ4n) is 2.03. The second-order valence-corrected chi connectivity index (χ2v) is 5.98. The molecule has 1 heterocycles. The van der Waals surface area contributed by atoms with Gasteiger partial charge in [-0.3, -0.25) is 0 Å². The molecule has 1 N–H and O–H groups in total. The van der Waals surface area contributed by atoms with Crippen molar-refractivity contribution in [2.75, 3.05) is 0 Å². The van der Waals surface area contributed by atoms with E-state index in [-0.39, 0.29) is 5.54 Å². The second kappa shape index (κ2) is 6.13. The maximum Gasteiger partial charge on any atom is 0.165 e. The average molecular weight is 273 g/mol. The third-order valence-electron chi connectivity index (χ3n) is 3.20. The molecule has 1 aromatic heterocycles. The van der Waals surface area contributed by atoms with Crippen molar-refractivity contribution in [2.24, 2.45) is 0 Å². The molecule has 0 amide bonds. The molecular weight excluding hydrogens is 250 g/mol. The van der Waals surface area contributed by atoms with Gasteiger partial charge in [0, 0.05) is 5.54 Å². The van der Waals surface area contributed by atoms with Gasteiger partial charge in [0.25, 0.3) is 0 Å². The predicted molar refractivity (Wildman–Crippen MR) is 79.3 cm³/mol. The molecule has 0 aliphatic heterocycles. The Morgan fingerprint density at radius 3 is 2.50 bits per heavy atom. The van der Waals surface area contributed by atoms with Crippen LogP contribution in [0.5, 0.6) is 0 Å². The summed E-state index contributed by atoms with van der Waals surface area (Å²) in [4.78, 5) is 0. The first-order valence-corrected chi connectivity index (χ1v) is 7.06. The van der Waals surface area contributed by atoms with Gasteiger partial charge in [0.15, 0.2) is 5.82 Å². The molecule has 0 bridgehead atoms. The van der Waals surface area contributed by atoms with Crippen molar-refractivity contribution >= 4 is 0 Å². The maximum absolute atomic E-state index is 4.11. The van der Waals surface area contributed by atoms with Crippen molar-refractivity contribution in [1.29, 1.82) is 0 Å². The Bertz CT molecular complexity index is 553. The zero-order valence-electron chi connectivity index (χ0n) is 12.7. The summed E-state index contributed by atoms with van der Waals surface area (Å²) in [5.41, 5.74) is 2.68. The van der Waals surface area contributed by atoms with Gasteiger partial charge in [0.2, 0.25) is 0 Å². The fraction of sp³-hybridized carbons (Fsp3) is 0.533. The lowest BCUT2D eigenvalue weighted by molar-refractivity contribution is 0.410. The van der Waals surface area contributed by atoms with E-state index in [1.54, 1.807) is 0 Å². The monoisotopic (exact) mass is 273 g/mol. The number of aryl methyl sites for hydroxylation is 1. The van der Waals surface area contributed by atoms with E-state index >= 15 is 0 Å². The molecule has 0 aliphatic carbocycles. The SMILES string of the molecule is CCc1ccccc1Cn1nnnc1CNC(C)(C)C. The summed E-state index contributed by atoms with van der Waals surface area (Å²) in [6.07, 6.45) is 1.02. The number of aromatic nitrogens is 4. The zero-order valence-corrected chi connectivity index (χ0v) is 12.7. The van der Waals surface area contributed by atoms with Gasteiger partial charge in [-0.2, -0.15) is 0 Å². The van der Waals surface area contributed by atoms with Crippen molar-refractivity contribution in [3.05, 3.63) is 41.2 Å². The Morgan fingerprint density at radius 1 is 1.15 bits per heavy atom. The molecule has 0 atom stereocenters. The van der Waals surface area contributed by atoms with Gasteiger partial charge in [-0.05, 0) is 48.7 Å². The van der Waals surface area contributed by atoms with Crippen LogP contribution in [0.25, 0.3) is 0 Å². The van der Waals surface area contributed by atoms with E-state index in [4.69, 9.17) is 0 Å². The lowest BCUT2D eigenvalue weighted by Gasteiger charge is -2.20. The molecule has 5 nitrogen and oxygen atoms in total. The molecule has 0 aliphatic rings. The normalized spacial score (nSPS) is 11.8. The topological polar surface area (TPSA) is 55.6 Å². The van der Waals surface area contributed by atoms with Gasteiger partial charge >= 0.3 is 0 Å². The quantitative estimate of drug-likeness (QED) is 0.907. The van der Waals surface area contributed by atoms with Crippen molar-refractivity contribution in [1.82, 2.24) is 25.5 Å². The Kier molecular flexibility index (Phi) is 4.49. The summed E-state index contributed by atoms with van der Waals surface area (Å²) < 4.78 is 1.87. The second-order valence-electron chi connectivity index (χ2n) is 5.98. The summed E-state index contributed by atoms with van der Waals surface area (Å²) >= 11 is 0. The molecular formula is C15H23N5. The number of benzene rings is 1. The first kappa shape index (κ1) is 14.7.